The van der Waals surface area contributed by atoms with Gasteiger partial charge in [0.1, 0.15) is 18.1 Å². The number of nitrogens with one attached hydrogen (secondary N) is 1. The van der Waals surface area contributed by atoms with E-state index in [-0.39, 0.29) is 9.93 Å². The Morgan fingerprint density at radius 3 is 2.59 bits per heavy atom. The second-order valence-corrected chi connectivity index (χ2v) is 7.67. The Morgan fingerprint density at radius 2 is 1.93 bits per heavy atom. The summed E-state index contributed by atoms with van der Waals surface area (Å²) in [6.45, 7) is -0.479. The molecule has 1 saturated heterocycles. The number of imide groups is 1. The number of carbonyl (C=O) groups excluding carboxylic acids is 3. The first-order valence-corrected chi connectivity index (χ1v) is 9.69. The molecule has 0 atom stereocenters. The first kappa shape index (κ1) is 21.2. The number of ether oxygens (including phenoxy) is 1. The minimum absolute atomic E-state index is 0.0983. The van der Waals surface area contributed by atoms with Crippen molar-refractivity contribution in [2.24, 2.45) is 0 Å². The number of hydrogen-bond acceptors (Lipinski definition) is 5. The van der Waals surface area contributed by atoms with Gasteiger partial charge < -0.3 is 10.1 Å². The van der Waals surface area contributed by atoms with Gasteiger partial charge in [-0.05, 0) is 54.2 Å². The molecule has 3 amide bonds. The van der Waals surface area contributed by atoms with E-state index in [0.717, 1.165) is 4.90 Å². The van der Waals surface area contributed by atoms with Crippen molar-refractivity contribution >= 4 is 63.8 Å². The maximum Gasteiger partial charge on any atom is 0.294 e. The maximum absolute atomic E-state index is 12.9. The van der Waals surface area contributed by atoms with Crippen molar-refractivity contribution in [3.8, 4) is 5.75 Å². The zero-order valence-corrected chi connectivity index (χ0v) is 17.2. The second kappa shape index (κ2) is 8.86. The molecule has 0 radical (unpaired) electrons. The van der Waals surface area contributed by atoms with Crippen LogP contribution in [0.3, 0.4) is 0 Å². The first-order chi connectivity index (χ1) is 13.8. The summed E-state index contributed by atoms with van der Waals surface area (Å²) in [4.78, 5) is 37.9. The number of amides is 3. The van der Waals surface area contributed by atoms with E-state index in [2.05, 4.69) is 5.32 Å². The number of methoxy groups -OCH3 is 1. The molecule has 0 aromatic heterocycles. The Hall–Kier alpha value is -2.55. The largest absolute Gasteiger partial charge is 0.495 e. The Morgan fingerprint density at radius 1 is 1.24 bits per heavy atom. The monoisotopic (exact) mass is 454 g/mol. The van der Waals surface area contributed by atoms with Gasteiger partial charge in [-0.2, -0.15) is 0 Å². The van der Waals surface area contributed by atoms with Crippen molar-refractivity contribution in [3.63, 3.8) is 0 Å². The predicted octanol–water partition coefficient (Wildman–Crippen LogP) is 4.82. The van der Waals surface area contributed by atoms with Gasteiger partial charge in [0.25, 0.3) is 11.1 Å². The second-order valence-electron chi connectivity index (χ2n) is 5.83. The molecule has 29 heavy (non-hydrogen) atoms. The molecule has 0 bridgehead atoms. The zero-order valence-electron chi connectivity index (χ0n) is 14.9. The van der Waals surface area contributed by atoms with Crippen molar-refractivity contribution in [2.75, 3.05) is 19.0 Å². The molecule has 1 heterocycles. The Bertz CT molecular complexity index is 1030. The van der Waals surface area contributed by atoms with E-state index in [1.165, 1.54) is 43.5 Å². The topological polar surface area (TPSA) is 75.7 Å². The fraction of sp³-hybridized carbons (Fsp3) is 0.105. The van der Waals surface area contributed by atoms with Crippen LogP contribution in [0.5, 0.6) is 5.75 Å². The number of hydrogen-bond donors (Lipinski definition) is 1. The van der Waals surface area contributed by atoms with Crippen LogP contribution in [0.2, 0.25) is 10.0 Å². The first-order valence-electron chi connectivity index (χ1n) is 8.12. The van der Waals surface area contributed by atoms with Crippen LogP contribution in [-0.2, 0) is 9.59 Å². The summed E-state index contributed by atoms with van der Waals surface area (Å²) >= 11 is 12.8. The molecule has 6 nitrogen and oxygen atoms in total. The molecule has 1 N–H and O–H groups in total. The van der Waals surface area contributed by atoms with Gasteiger partial charge >= 0.3 is 0 Å². The minimum Gasteiger partial charge on any atom is -0.495 e. The summed E-state index contributed by atoms with van der Waals surface area (Å²) in [6.07, 6.45) is 1.43. The molecule has 0 saturated carbocycles. The molecule has 3 rings (SSSR count). The molecule has 1 aliphatic heterocycles. The fourth-order valence-electron chi connectivity index (χ4n) is 2.56. The molecular weight excluding hydrogens is 442 g/mol. The summed E-state index contributed by atoms with van der Waals surface area (Å²) in [5, 5.41) is 2.49. The van der Waals surface area contributed by atoms with Crippen LogP contribution in [-0.4, -0.2) is 35.6 Å². The highest BCUT2D eigenvalue weighted by atomic mass is 35.5. The standard InChI is InChI=1S/C19H13Cl2FN2O4S/c1-28-17-10(6-11(20)8-14(17)21)7-15-18(26)24(19(27)29-15)9-16(25)23-13-4-2-12(22)3-5-13/h2-8H,9H2,1H3,(H,23,25)/b15-7-. The van der Waals surface area contributed by atoms with Crippen LogP contribution < -0.4 is 10.1 Å². The predicted molar refractivity (Wildman–Crippen MR) is 111 cm³/mol. The third-order valence-corrected chi connectivity index (χ3v) is 5.24. The molecule has 0 spiro atoms. The van der Waals surface area contributed by atoms with Gasteiger partial charge in [0.2, 0.25) is 5.91 Å². The van der Waals surface area contributed by atoms with Crippen LogP contribution in [0.1, 0.15) is 5.56 Å². The zero-order chi connectivity index (χ0) is 21.1. The van der Waals surface area contributed by atoms with Gasteiger partial charge in [0.05, 0.1) is 17.0 Å². The molecule has 1 aliphatic rings. The van der Waals surface area contributed by atoms with E-state index in [1.807, 2.05) is 0 Å². The lowest BCUT2D eigenvalue weighted by molar-refractivity contribution is -0.127. The number of halogens is 3. The van der Waals surface area contributed by atoms with E-state index in [1.54, 1.807) is 6.07 Å². The van der Waals surface area contributed by atoms with Crippen molar-refractivity contribution in [2.45, 2.75) is 0 Å². The SMILES string of the molecule is COc1c(Cl)cc(Cl)cc1/C=C1\SC(=O)N(CC(=O)Nc2ccc(F)cc2)C1=O. The molecule has 0 unspecified atom stereocenters. The average molecular weight is 455 g/mol. The Balaban J connectivity index is 1.77. The highest BCUT2D eigenvalue weighted by Gasteiger charge is 2.36. The highest BCUT2D eigenvalue weighted by molar-refractivity contribution is 8.18. The third-order valence-electron chi connectivity index (χ3n) is 3.83. The number of benzene rings is 2. The minimum atomic E-state index is -0.632. The van der Waals surface area contributed by atoms with Gasteiger partial charge in [-0.3, -0.25) is 19.3 Å². The average Bonchev–Trinajstić information content (AvgIpc) is 2.91. The lowest BCUT2D eigenvalue weighted by Crippen LogP contribution is -2.36. The number of anilines is 1. The van der Waals surface area contributed by atoms with Crippen molar-refractivity contribution in [1.82, 2.24) is 4.90 Å². The molecular formula is C19H13Cl2FN2O4S. The summed E-state index contributed by atoms with van der Waals surface area (Å²) in [5.41, 5.74) is 0.767. The normalized spacial score (nSPS) is 15.2. The van der Waals surface area contributed by atoms with E-state index in [0.29, 0.717) is 33.8 Å². The maximum atomic E-state index is 12.9. The van der Waals surface area contributed by atoms with Crippen molar-refractivity contribution < 1.29 is 23.5 Å². The van der Waals surface area contributed by atoms with Gasteiger partial charge in [-0.1, -0.05) is 23.2 Å². The van der Waals surface area contributed by atoms with Crippen LogP contribution in [0, 0.1) is 5.82 Å². The number of thioether (sulfide) groups is 1. The summed E-state index contributed by atoms with van der Waals surface area (Å²) in [6, 6.07) is 8.14. The van der Waals surface area contributed by atoms with Gasteiger partial charge in [-0.15, -0.1) is 0 Å². The van der Waals surface area contributed by atoms with Crippen LogP contribution in [0.15, 0.2) is 41.3 Å². The van der Waals surface area contributed by atoms with E-state index < -0.39 is 29.4 Å². The van der Waals surface area contributed by atoms with E-state index in [4.69, 9.17) is 27.9 Å². The van der Waals surface area contributed by atoms with Crippen molar-refractivity contribution in [3.05, 3.63) is 62.7 Å². The molecule has 2 aromatic carbocycles. The smallest absolute Gasteiger partial charge is 0.294 e. The summed E-state index contributed by atoms with van der Waals surface area (Å²) in [5.74, 6) is -1.37. The quantitative estimate of drug-likeness (QED) is 0.655. The number of rotatable bonds is 5. The van der Waals surface area contributed by atoms with Crippen molar-refractivity contribution in [1.29, 1.82) is 0 Å². The number of nitrogens with zero attached hydrogens (tertiary/aromatic N) is 1. The Labute approximate surface area is 179 Å². The fourth-order valence-corrected chi connectivity index (χ4v) is 3.97. The van der Waals surface area contributed by atoms with E-state index >= 15 is 0 Å². The molecule has 0 aliphatic carbocycles. The van der Waals surface area contributed by atoms with Crippen LogP contribution >= 0.6 is 35.0 Å². The highest BCUT2D eigenvalue weighted by Crippen LogP contribution is 2.37. The molecule has 10 heteroatoms. The third kappa shape index (κ3) is 4.90. The molecule has 1 fully saturated rings. The number of carbonyl (C=O) groups is 3. The lowest BCUT2D eigenvalue weighted by atomic mass is 10.2. The van der Waals surface area contributed by atoms with Crippen LogP contribution in [0.4, 0.5) is 14.9 Å². The van der Waals surface area contributed by atoms with Gasteiger partial charge in [-0.25, -0.2) is 4.39 Å². The molecule has 2 aromatic rings. The van der Waals surface area contributed by atoms with Crippen LogP contribution in [0.25, 0.3) is 6.08 Å². The van der Waals surface area contributed by atoms with E-state index in [9.17, 15) is 18.8 Å². The Kier molecular flexibility index (Phi) is 6.46. The molecule has 150 valence electrons. The lowest BCUT2D eigenvalue weighted by Gasteiger charge is -2.12. The summed E-state index contributed by atoms with van der Waals surface area (Å²) < 4.78 is 18.2. The summed E-state index contributed by atoms with van der Waals surface area (Å²) in [7, 11) is 1.41. The van der Waals surface area contributed by atoms with Gasteiger partial charge in [0.15, 0.2) is 0 Å². The van der Waals surface area contributed by atoms with Gasteiger partial charge in [0, 0.05) is 16.3 Å².